The Morgan fingerprint density at radius 2 is 0.892 bits per heavy atom. The van der Waals surface area contributed by atoms with Crippen molar-refractivity contribution >= 4 is 5.97 Å². The van der Waals surface area contributed by atoms with Gasteiger partial charge in [0.1, 0.15) is 0 Å². The maximum Gasteiger partial charge on any atom is 0.305 e. The molecule has 0 bridgehead atoms. The first-order chi connectivity index (χ1) is 18.1. The van der Waals surface area contributed by atoms with Gasteiger partial charge in [-0.1, -0.05) is 156 Å². The molecular weight excluding hydrogens is 456 g/mol. The van der Waals surface area contributed by atoms with E-state index in [9.17, 15) is 9.90 Å². The molecule has 0 fully saturated rings. The zero-order valence-electron chi connectivity index (χ0n) is 25.7. The van der Waals surface area contributed by atoms with E-state index in [1.807, 2.05) is 0 Å². The summed E-state index contributed by atoms with van der Waals surface area (Å²) in [5.41, 5.74) is 0. The smallest absolute Gasteiger partial charge is 0.305 e. The Morgan fingerprint density at radius 3 is 1.41 bits per heavy atom. The average Bonchev–Trinajstić information content (AvgIpc) is 2.90. The van der Waals surface area contributed by atoms with Crippen molar-refractivity contribution in [1.29, 1.82) is 0 Å². The molecule has 0 aromatic rings. The van der Waals surface area contributed by atoms with Gasteiger partial charge in [-0.25, -0.2) is 0 Å². The number of esters is 1. The predicted molar refractivity (Wildman–Crippen MR) is 162 cm³/mol. The number of carbonyl (C=O) groups excluding carboxylic acids is 1. The zero-order chi connectivity index (χ0) is 27.2. The van der Waals surface area contributed by atoms with Gasteiger partial charge in [0.25, 0.3) is 0 Å². The van der Waals surface area contributed by atoms with Gasteiger partial charge in [-0.05, 0) is 38.0 Å². The van der Waals surface area contributed by atoms with Crippen LogP contribution in [0.3, 0.4) is 0 Å². The van der Waals surface area contributed by atoms with Gasteiger partial charge in [-0.2, -0.15) is 0 Å². The van der Waals surface area contributed by atoms with E-state index in [1.165, 1.54) is 135 Å². The molecule has 1 N–H and O–H groups in total. The van der Waals surface area contributed by atoms with Crippen LogP contribution in [0.4, 0.5) is 0 Å². The highest BCUT2D eigenvalue weighted by atomic mass is 16.5. The molecule has 3 nitrogen and oxygen atoms in total. The van der Waals surface area contributed by atoms with Crippen molar-refractivity contribution in [3.05, 3.63) is 0 Å². The molecule has 0 aromatic carbocycles. The second-order valence-corrected chi connectivity index (χ2v) is 11.8. The SMILES string of the molecule is CCCCCCCCCCCCC(O)CCCCCCCCC(=O)OCC(CCCC)CCCCCC. The summed E-state index contributed by atoms with van der Waals surface area (Å²) in [5.74, 6) is 0.561. The molecule has 37 heavy (non-hydrogen) atoms. The van der Waals surface area contributed by atoms with Crippen LogP contribution >= 0.6 is 0 Å². The van der Waals surface area contributed by atoms with Gasteiger partial charge in [0, 0.05) is 6.42 Å². The molecule has 0 heterocycles. The largest absolute Gasteiger partial charge is 0.465 e. The van der Waals surface area contributed by atoms with Crippen LogP contribution in [0.25, 0.3) is 0 Å². The Balaban J connectivity index is 3.52. The van der Waals surface area contributed by atoms with Crippen molar-refractivity contribution in [3.63, 3.8) is 0 Å². The Hall–Kier alpha value is -0.570. The molecule has 2 atom stereocenters. The minimum absolute atomic E-state index is 0.00477. The van der Waals surface area contributed by atoms with Crippen LogP contribution in [-0.2, 0) is 9.53 Å². The maximum atomic E-state index is 12.2. The fourth-order valence-corrected chi connectivity index (χ4v) is 5.31. The van der Waals surface area contributed by atoms with Crippen molar-refractivity contribution < 1.29 is 14.6 Å². The second kappa shape index (κ2) is 30.0. The Bertz CT molecular complexity index is 450. The monoisotopic (exact) mass is 525 g/mol. The average molecular weight is 525 g/mol. The lowest BCUT2D eigenvalue weighted by Gasteiger charge is -2.16. The second-order valence-electron chi connectivity index (χ2n) is 11.8. The molecule has 222 valence electrons. The summed E-state index contributed by atoms with van der Waals surface area (Å²) in [6, 6.07) is 0. The summed E-state index contributed by atoms with van der Waals surface area (Å²) < 4.78 is 5.64. The number of rotatable bonds is 30. The quantitative estimate of drug-likeness (QED) is 0.0750. The number of hydrogen-bond acceptors (Lipinski definition) is 3. The third-order valence-electron chi connectivity index (χ3n) is 7.97. The van der Waals surface area contributed by atoms with Gasteiger partial charge in [0.15, 0.2) is 0 Å². The highest BCUT2D eigenvalue weighted by molar-refractivity contribution is 5.69. The zero-order valence-corrected chi connectivity index (χ0v) is 25.7. The lowest BCUT2D eigenvalue weighted by Crippen LogP contribution is -2.14. The highest BCUT2D eigenvalue weighted by Crippen LogP contribution is 2.19. The van der Waals surface area contributed by atoms with Gasteiger partial charge >= 0.3 is 5.97 Å². The van der Waals surface area contributed by atoms with Crippen LogP contribution in [0, 0.1) is 5.92 Å². The molecule has 0 spiro atoms. The normalized spacial score (nSPS) is 13.1. The number of ether oxygens (including phenoxy) is 1. The first kappa shape index (κ1) is 36.4. The van der Waals surface area contributed by atoms with Crippen LogP contribution in [0.5, 0.6) is 0 Å². The number of aliphatic hydroxyl groups is 1. The standard InChI is InChI=1S/C34H68O3/c1-4-7-10-12-13-14-15-16-19-23-28-33(35)29-24-20-17-18-21-25-30-34(36)37-31-32(26-9-6-3)27-22-11-8-5-2/h32-33,35H,4-31H2,1-3H3. The van der Waals surface area contributed by atoms with E-state index in [0.717, 1.165) is 32.1 Å². The first-order valence-corrected chi connectivity index (χ1v) is 17.0. The molecule has 0 aromatic heterocycles. The lowest BCUT2D eigenvalue weighted by atomic mass is 9.96. The van der Waals surface area contributed by atoms with Gasteiger partial charge in [0.2, 0.25) is 0 Å². The van der Waals surface area contributed by atoms with E-state index in [-0.39, 0.29) is 12.1 Å². The van der Waals surface area contributed by atoms with Crippen LogP contribution in [0.2, 0.25) is 0 Å². The summed E-state index contributed by atoms with van der Waals surface area (Å²) in [5, 5.41) is 10.2. The third-order valence-corrected chi connectivity index (χ3v) is 7.97. The Morgan fingerprint density at radius 1 is 0.514 bits per heavy atom. The lowest BCUT2D eigenvalue weighted by molar-refractivity contribution is -0.145. The summed E-state index contributed by atoms with van der Waals surface area (Å²) in [6.45, 7) is 7.40. The molecule has 2 unspecified atom stereocenters. The molecule has 0 saturated carbocycles. The number of hydrogen-bond donors (Lipinski definition) is 1. The Kier molecular flexibility index (Phi) is 29.5. The fourth-order valence-electron chi connectivity index (χ4n) is 5.31. The molecule has 0 aliphatic carbocycles. The molecule has 3 heteroatoms. The van der Waals surface area contributed by atoms with Crippen LogP contribution in [0.15, 0.2) is 0 Å². The van der Waals surface area contributed by atoms with Crippen molar-refractivity contribution in [2.45, 2.75) is 200 Å². The van der Waals surface area contributed by atoms with E-state index in [1.54, 1.807) is 0 Å². The number of unbranched alkanes of at least 4 members (excludes halogenated alkanes) is 18. The minimum atomic E-state index is -0.100. The summed E-state index contributed by atoms with van der Waals surface area (Å²) in [4.78, 5) is 12.2. The molecule has 0 radical (unpaired) electrons. The van der Waals surface area contributed by atoms with E-state index in [0.29, 0.717) is 18.9 Å². The van der Waals surface area contributed by atoms with Crippen molar-refractivity contribution in [2.75, 3.05) is 6.61 Å². The van der Waals surface area contributed by atoms with Crippen LogP contribution in [-0.4, -0.2) is 23.8 Å². The predicted octanol–water partition coefficient (Wildman–Crippen LogP) is 11.1. The van der Waals surface area contributed by atoms with E-state index >= 15 is 0 Å². The number of carbonyl (C=O) groups is 1. The van der Waals surface area contributed by atoms with Crippen molar-refractivity contribution in [2.24, 2.45) is 5.92 Å². The van der Waals surface area contributed by atoms with Crippen molar-refractivity contribution in [1.82, 2.24) is 0 Å². The van der Waals surface area contributed by atoms with Gasteiger partial charge in [-0.3, -0.25) is 4.79 Å². The Labute approximate surface area is 233 Å². The van der Waals surface area contributed by atoms with Crippen LogP contribution < -0.4 is 0 Å². The van der Waals surface area contributed by atoms with E-state index in [2.05, 4.69) is 20.8 Å². The maximum absolute atomic E-state index is 12.2. The topological polar surface area (TPSA) is 46.5 Å². The molecule has 0 amide bonds. The minimum Gasteiger partial charge on any atom is -0.465 e. The molecule has 0 aliphatic rings. The molecular formula is C34H68O3. The first-order valence-electron chi connectivity index (χ1n) is 17.0. The number of aliphatic hydroxyl groups excluding tert-OH is 1. The fraction of sp³-hybridized carbons (Fsp3) is 0.971. The summed E-state index contributed by atoms with van der Waals surface area (Å²) >= 11 is 0. The van der Waals surface area contributed by atoms with E-state index in [4.69, 9.17) is 4.74 Å². The van der Waals surface area contributed by atoms with Crippen molar-refractivity contribution in [3.8, 4) is 0 Å². The summed E-state index contributed by atoms with van der Waals surface area (Å²) in [7, 11) is 0. The van der Waals surface area contributed by atoms with Gasteiger partial charge < -0.3 is 9.84 Å². The third kappa shape index (κ3) is 28.3. The van der Waals surface area contributed by atoms with Gasteiger partial charge in [0.05, 0.1) is 12.7 Å². The summed E-state index contributed by atoms with van der Waals surface area (Å²) in [6.07, 6.45) is 32.8. The van der Waals surface area contributed by atoms with Gasteiger partial charge in [-0.15, -0.1) is 0 Å². The van der Waals surface area contributed by atoms with E-state index < -0.39 is 0 Å². The van der Waals surface area contributed by atoms with Crippen LogP contribution in [0.1, 0.15) is 194 Å². The highest BCUT2D eigenvalue weighted by Gasteiger charge is 2.12. The molecule has 0 aliphatic heterocycles. The molecule has 0 rings (SSSR count). The molecule has 0 saturated heterocycles.